The van der Waals surface area contributed by atoms with Crippen LogP contribution in [-0.4, -0.2) is 48.0 Å². The first-order valence-electron chi connectivity index (χ1n) is 6.89. The lowest BCUT2D eigenvalue weighted by atomic mass is 9.75. The van der Waals surface area contributed by atoms with Crippen LogP contribution in [0.4, 0.5) is 0 Å². The van der Waals surface area contributed by atoms with Gasteiger partial charge in [0.15, 0.2) is 5.84 Å². The van der Waals surface area contributed by atoms with Crippen LogP contribution in [0.1, 0.15) is 39.0 Å². The highest BCUT2D eigenvalue weighted by atomic mass is 16.4. The van der Waals surface area contributed by atoms with Crippen molar-refractivity contribution in [2.45, 2.75) is 44.6 Å². The number of hydrogen-bond donors (Lipinski definition) is 3. The Morgan fingerprint density at radius 2 is 2.16 bits per heavy atom. The van der Waals surface area contributed by atoms with E-state index in [1.54, 1.807) is 0 Å². The molecular formula is C13H26N4O2. The number of likely N-dealkylation sites (N-methyl/N-ethyl adjacent to an activating group) is 1. The van der Waals surface area contributed by atoms with Crippen LogP contribution in [0.3, 0.4) is 0 Å². The Balaban J connectivity index is 2.57. The summed E-state index contributed by atoms with van der Waals surface area (Å²) in [6.45, 7) is 2.59. The van der Waals surface area contributed by atoms with Gasteiger partial charge in [-0.15, -0.1) is 0 Å². The van der Waals surface area contributed by atoms with Crippen LogP contribution >= 0.6 is 0 Å². The Morgan fingerprint density at radius 1 is 1.53 bits per heavy atom. The third-order valence-corrected chi connectivity index (χ3v) is 4.19. The summed E-state index contributed by atoms with van der Waals surface area (Å²) >= 11 is 0. The van der Waals surface area contributed by atoms with Crippen molar-refractivity contribution in [1.29, 1.82) is 0 Å². The molecule has 1 rings (SSSR count). The van der Waals surface area contributed by atoms with Crippen molar-refractivity contribution in [3.63, 3.8) is 0 Å². The third kappa shape index (κ3) is 3.59. The number of oxime groups is 1. The van der Waals surface area contributed by atoms with Gasteiger partial charge in [0.1, 0.15) is 0 Å². The SMILES string of the molecule is CCCC(C(=O)NCC1(N(C)C)CCC1)C(N)=NO. The minimum atomic E-state index is -0.533. The summed E-state index contributed by atoms with van der Waals surface area (Å²) in [7, 11) is 4.08. The van der Waals surface area contributed by atoms with E-state index >= 15 is 0 Å². The minimum absolute atomic E-state index is 0.00753. The highest BCUT2D eigenvalue weighted by molar-refractivity contribution is 6.02. The van der Waals surface area contributed by atoms with Crippen LogP contribution in [0.2, 0.25) is 0 Å². The Labute approximate surface area is 115 Å². The van der Waals surface area contributed by atoms with Gasteiger partial charge in [0.25, 0.3) is 0 Å². The number of nitrogens with two attached hydrogens (primary N) is 1. The second kappa shape index (κ2) is 6.75. The van der Waals surface area contributed by atoms with Crippen molar-refractivity contribution in [2.75, 3.05) is 20.6 Å². The normalized spacial score (nSPS) is 19.9. The molecule has 1 saturated carbocycles. The fourth-order valence-corrected chi connectivity index (χ4v) is 2.51. The van der Waals surface area contributed by atoms with Crippen LogP contribution in [-0.2, 0) is 4.79 Å². The van der Waals surface area contributed by atoms with E-state index in [9.17, 15) is 4.79 Å². The van der Waals surface area contributed by atoms with Crippen molar-refractivity contribution in [1.82, 2.24) is 10.2 Å². The number of nitrogens with one attached hydrogen (secondary N) is 1. The second-order valence-electron chi connectivity index (χ2n) is 5.56. The van der Waals surface area contributed by atoms with Gasteiger partial charge in [0.05, 0.1) is 5.92 Å². The second-order valence-corrected chi connectivity index (χ2v) is 5.56. The van der Waals surface area contributed by atoms with Gasteiger partial charge in [-0.2, -0.15) is 0 Å². The van der Waals surface area contributed by atoms with Gasteiger partial charge < -0.3 is 21.2 Å². The molecule has 1 aliphatic carbocycles. The highest BCUT2D eigenvalue weighted by Gasteiger charge is 2.39. The van der Waals surface area contributed by atoms with E-state index in [1.165, 1.54) is 6.42 Å². The molecule has 0 heterocycles. The van der Waals surface area contributed by atoms with E-state index < -0.39 is 5.92 Å². The Morgan fingerprint density at radius 3 is 2.53 bits per heavy atom. The predicted octanol–water partition coefficient (Wildman–Crippen LogP) is 0.750. The molecule has 1 amide bonds. The Kier molecular flexibility index (Phi) is 5.60. The molecular weight excluding hydrogens is 244 g/mol. The number of rotatable bonds is 7. The first kappa shape index (κ1) is 15.8. The zero-order chi connectivity index (χ0) is 14.5. The number of amidine groups is 1. The van der Waals surface area contributed by atoms with Crippen molar-refractivity contribution < 1.29 is 10.0 Å². The zero-order valence-electron chi connectivity index (χ0n) is 12.1. The topological polar surface area (TPSA) is 91.0 Å². The molecule has 0 spiro atoms. The molecule has 1 atom stereocenters. The van der Waals surface area contributed by atoms with Crippen LogP contribution in [0, 0.1) is 5.92 Å². The average molecular weight is 270 g/mol. The van der Waals surface area contributed by atoms with Gasteiger partial charge >= 0.3 is 0 Å². The lowest BCUT2D eigenvalue weighted by Crippen LogP contribution is -2.58. The molecule has 6 heteroatoms. The average Bonchev–Trinajstić information content (AvgIpc) is 2.33. The monoisotopic (exact) mass is 270 g/mol. The summed E-state index contributed by atoms with van der Waals surface area (Å²) in [5.41, 5.74) is 5.66. The molecule has 0 aliphatic heterocycles. The first-order chi connectivity index (χ1) is 8.96. The number of nitrogens with zero attached hydrogens (tertiary/aromatic N) is 2. The van der Waals surface area contributed by atoms with E-state index in [2.05, 4.69) is 15.4 Å². The van der Waals surface area contributed by atoms with Crippen LogP contribution in [0.15, 0.2) is 5.16 Å². The van der Waals surface area contributed by atoms with E-state index in [-0.39, 0.29) is 17.3 Å². The maximum Gasteiger partial charge on any atom is 0.230 e. The molecule has 1 fully saturated rings. The van der Waals surface area contributed by atoms with Crippen LogP contribution in [0.25, 0.3) is 0 Å². The summed E-state index contributed by atoms with van der Waals surface area (Å²) in [6.07, 6.45) is 4.81. The van der Waals surface area contributed by atoms with E-state index in [0.29, 0.717) is 13.0 Å². The van der Waals surface area contributed by atoms with Gasteiger partial charge in [-0.25, -0.2) is 0 Å². The maximum atomic E-state index is 12.1. The molecule has 110 valence electrons. The molecule has 1 unspecified atom stereocenters. The van der Waals surface area contributed by atoms with E-state index in [4.69, 9.17) is 10.9 Å². The summed E-state index contributed by atoms with van der Waals surface area (Å²) in [5.74, 6) is -0.688. The molecule has 4 N–H and O–H groups in total. The lowest BCUT2D eigenvalue weighted by molar-refractivity contribution is -0.124. The van der Waals surface area contributed by atoms with Gasteiger partial charge in [0, 0.05) is 12.1 Å². The predicted molar refractivity (Wildman–Crippen MR) is 75.1 cm³/mol. The summed E-state index contributed by atoms with van der Waals surface area (Å²) < 4.78 is 0. The highest BCUT2D eigenvalue weighted by Crippen LogP contribution is 2.35. The molecule has 0 aromatic carbocycles. The summed E-state index contributed by atoms with van der Waals surface area (Å²) in [5, 5.41) is 14.6. The quantitative estimate of drug-likeness (QED) is 0.275. The van der Waals surface area contributed by atoms with Crippen LogP contribution < -0.4 is 11.1 Å². The largest absolute Gasteiger partial charge is 0.409 e. The molecule has 0 aromatic rings. The first-order valence-corrected chi connectivity index (χ1v) is 6.89. The molecule has 19 heavy (non-hydrogen) atoms. The van der Waals surface area contributed by atoms with Crippen molar-refractivity contribution in [2.24, 2.45) is 16.8 Å². The molecule has 0 bridgehead atoms. The standard InChI is InChI=1S/C13H26N4O2/c1-4-6-10(11(14)16-19)12(18)15-9-13(17(2)3)7-5-8-13/h10,19H,4-9H2,1-3H3,(H2,14,16)(H,15,18). The smallest absolute Gasteiger partial charge is 0.230 e. The van der Waals surface area contributed by atoms with E-state index in [1.807, 2.05) is 21.0 Å². The molecule has 0 radical (unpaired) electrons. The summed E-state index contributed by atoms with van der Waals surface area (Å²) in [6, 6.07) is 0. The summed E-state index contributed by atoms with van der Waals surface area (Å²) in [4.78, 5) is 14.3. The zero-order valence-corrected chi connectivity index (χ0v) is 12.1. The number of hydrogen-bond acceptors (Lipinski definition) is 4. The van der Waals surface area contributed by atoms with Gasteiger partial charge in [-0.1, -0.05) is 18.5 Å². The number of amides is 1. The van der Waals surface area contributed by atoms with Gasteiger partial charge in [-0.05, 0) is 39.8 Å². The molecule has 1 aliphatic rings. The maximum absolute atomic E-state index is 12.1. The Hall–Kier alpha value is -1.30. The van der Waals surface area contributed by atoms with Gasteiger partial charge in [-0.3, -0.25) is 4.79 Å². The van der Waals surface area contributed by atoms with Gasteiger partial charge in [0.2, 0.25) is 5.91 Å². The fraction of sp³-hybridized carbons (Fsp3) is 0.846. The number of carbonyl (C=O) groups is 1. The number of carbonyl (C=O) groups excluding carboxylic acids is 1. The Bertz CT molecular complexity index is 338. The molecule has 6 nitrogen and oxygen atoms in total. The fourth-order valence-electron chi connectivity index (χ4n) is 2.51. The van der Waals surface area contributed by atoms with Crippen molar-refractivity contribution in [3.05, 3.63) is 0 Å². The lowest BCUT2D eigenvalue weighted by Gasteiger charge is -2.47. The van der Waals surface area contributed by atoms with Crippen molar-refractivity contribution >= 4 is 11.7 Å². The van der Waals surface area contributed by atoms with Crippen molar-refractivity contribution in [3.8, 4) is 0 Å². The van der Waals surface area contributed by atoms with Crippen LogP contribution in [0.5, 0.6) is 0 Å². The third-order valence-electron chi connectivity index (χ3n) is 4.19. The molecule has 0 saturated heterocycles. The van der Waals surface area contributed by atoms with E-state index in [0.717, 1.165) is 19.3 Å². The minimum Gasteiger partial charge on any atom is -0.409 e. The molecule has 0 aromatic heterocycles.